The minimum Gasteiger partial charge on any atom is -0.368 e. The van der Waals surface area contributed by atoms with Crippen LogP contribution >= 0.6 is 11.6 Å². The van der Waals surface area contributed by atoms with E-state index in [4.69, 9.17) is 17.3 Å². The Morgan fingerprint density at radius 1 is 1.77 bits per heavy atom. The molecule has 0 saturated heterocycles. The molecule has 0 saturated carbocycles. The Kier molecular flexibility index (Phi) is 2.97. The summed E-state index contributed by atoms with van der Waals surface area (Å²) < 4.78 is 0. The van der Waals surface area contributed by atoms with Crippen LogP contribution in [0.15, 0.2) is 6.20 Å². The van der Waals surface area contributed by atoms with Crippen LogP contribution in [-0.2, 0) is 4.79 Å². The van der Waals surface area contributed by atoms with Crippen molar-refractivity contribution in [3.05, 3.63) is 11.5 Å². The summed E-state index contributed by atoms with van der Waals surface area (Å²) in [5, 5.41) is 9.70. The molecule has 1 amide bonds. The number of rotatable bonds is 3. The molecule has 1 atom stereocenters. The Hall–Kier alpha value is -1.43. The molecule has 1 rings (SSSR count). The predicted molar refractivity (Wildman–Crippen MR) is 47.1 cm³/mol. The number of nitrogens with zero attached hydrogens (tertiary/aromatic N) is 3. The van der Waals surface area contributed by atoms with Gasteiger partial charge in [-0.05, 0) is 18.5 Å². The Bertz CT molecular complexity index is 318. The van der Waals surface area contributed by atoms with Crippen molar-refractivity contribution in [2.45, 2.75) is 13.0 Å². The smallest absolute Gasteiger partial charge is 0.244 e. The molecule has 6 nitrogen and oxygen atoms in total. The van der Waals surface area contributed by atoms with Gasteiger partial charge in [-0.2, -0.15) is 10.1 Å². The number of amides is 1. The van der Waals surface area contributed by atoms with Gasteiger partial charge in [0.1, 0.15) is 6.04 Å². The monoisotopic (exact) mass is 201 g/mol. The van der Waals surface area contributed by atoms with E-state index in [-0.39, 0.29) is 5.28 Å². The van der Waals surface area contributed by atoms with Crippen LogP contribution in [0.2, 0.25) is 5.28 Å². The van der Waals surface area contributed by atoms with Gasteiger partial charge < -0.3 is 11.1 Å². The first-order valence-electron chi connectivity index (χ1n) is 3.50. The number of nitrogens with two attached hydrogens (primary N) is 1. The van der Waals surface area contributed by atoms with E-state index in [9.17, 15) is 4.79 Å². The summed E-state index contributed by atoms with van der Waals surface area (Å²) in [6.07, 6.45) is 1.35. The molecule has 1 unspecified atom stereocenters. The normalized spacial score (nSPS) is 12.2. The number of carbonyl (C=O) groups excluding carboxylic acids is 1. The van der Waals surface area contributed by atoms with Crippen LogP contribution in [0.5, 0.6) is 0 Å². The molecule has 1 heterocycles. The van der Waals surface area contributed by atoms with Crippen molar-refractivity contribution >= 4 is 23.3 Å². The largest absolute Gasteiger partial charge is 0.368 e. The number of anilines is 1. The Morgan fingerprint density at radius 2 is 2.46 bits per heavy atom. The number of hydrogen-bond donors (Lipinski definition) is 2. The maximum Gasteiger partial charge on any atom is 0.244 e. The van der Waals surface area contributed by atoms with Gasteiger partial charge in [0, 0.05) is 0 Å². The van der Waals surface area contributed by atoms with Crippen molar-refractivity contribution in [1.82, 2.24) is 15.2 Å². The maximum atomic E-state index is 10.7. The number of carbonyl (C=O) groups is 1. The van der Waals surface area contributed by atoms with Gasteiger partial charge in [-0.1, -0.05) is 0 Å². The fourth-order valence-corrected chi connectivity index (χ4v) is 0.779. The van der Waals surface area contributed by atoms with Gasteiger partial charge in [0.15, 0.2) is 5.82 Å². The zero-order valence-corrected chi connectivity index (χ0v) is 7.62. The number of halogens is 1. The zero-order valence-electron chi connectivity index (χ0n) is 6.86. The van der Waals surface area contributed by atoms with E-state index >= 15 is 0 Å². The topological polar surface area (TPSA) is 93.8 Å². The molecule has 0 aliphatic carbocycles. The molecule has 1 aromatic heterocycles. The van der Waals surface area contributed by atoms with Crippen LogP contribution in [0.3, 0.4) is 0 Å². The number of nitrogens with one attached hydrogen (secondary N) is 1. The quantitative estimate of drug-likeness (QED) is 0.707. The van der Waals surface area contributed by atoms with E-state index in [0.717, 1.165) is 0 Å². The highest BCUT2D eigenvalue weighted by atomic mass is 35.5. The van der Waals surface area contributed by atoms with E-state index in [1.54, 1.807) is 6.92 Å². The molecule has 0 bridgehead atoms. The van der Waals surface area contributed by atoms with Crippen LogP contribution in [0.1, 0.15) is 6.92 Å². The van der Waals surface area contributed by atoms with Gasteiger partial charge in [0.2, 0.25) is 11.2 Å². The first-order chi connectivity index (χ1) is 6.09. The first-order valence-corrected chi connectivity index (χ1v) is 3.88. The highest BCUT2D eigenvalue weighted by molar-refractivity contribution is 6.28. The van der Waals surface area contributed by atoms with Crippen LogP contribution in [-0.4, -0.2) is 27.1 Å². The molecular formula is C6H8ClN5O. The fraction of sp³-hybridized carbons (Fsp3) is 0.333. The van der Waals surface area contributed by atoms with E-state index in [2.05, 4.69) is 20.5 Å². The number of hydrogen-bond acceptors (Lipinski definition) is 5. The first kappa shape index (κ1) is 9.66. The van der Waals surface area contributed by atoms with Gasteiger partial charge in [-0.25, -0.2) is 0 Å². The van der Waals surface area contributed by atoms with E-state index < -0.39 is 11.9 Å². The Balaban J connectivity index is 2.69. The molecular weight excluding hydrogens is 194 g/mol. The summed E-state index contributed by atoms with van der Waals surface area (Å²) in [7, 11) is 0. The fourth-order valence-electron chi connectivity index (χ4n) is 0.644. The summed E-state index contributed by atoms with van der Waals surface area (Å²) in [4.78, 5) is 14.4. The van der Waals surface area contributed by atoms with Crippen LogP contribution in [0.4, 0.5) is 5.82 Å². The SMILES string of the molecule is CC(Nc1cnnc(Cl)n1)C(N)=O. The average Bonchev–Trinajstić information content (AvgIpc) is 2.04. The summed E-state index contributed by atoms with van der Waals surface area (Å²) in [5.74, 6) is -0.110. The molecule has 0 spiro atoms. The van der Waals surface area contributed by atoms with E-state index in [1.807, 2.05) is 0 Å². The lowest BCUT2D eigenvalue weighted by Crippen LogP contribution is -2.32. The van der Waals surface area contributed by atoms with Crippen molar-refractivity contribution in [3.63, 3.8) is 0 Å². The van der Waals surface area contributed by atoms with Crippen molar-refractivity contribution in [2.24, 2.45) is 5.73 Å². The van der Waals surface area contributed by atoms with Gasteiger partial charge in [0.25, 0.3) is 0 Å². The second-order valence-electron chi connectivity index (χ2n) is 2.38. The molecule has 1 aromatic rings. The van der Waals surface area contributed by atoms with Gasteiger partial charge in [0.05, 0.1) is 6.20 Å². The van der Waals surface area contributed by atoms with Crippen molar-refractivity contribution < 1.29 is 4.79 Å². The van der Waals surface area contributed by atoms with Crippen molar-refractivity contribution in [3.8, 4) is 0 Å². The van der Waals surface area contributed by atoms with Crippen LogP contribution in [0.25, 0.3) is 0 Å². The molecule has 70 valence electrons. The Labute approximate surface area is 79.5 Å². The van der Waals surface area contributed by atoms with Gasteiger partial charge in [-0.3, -0.25) is 4.79 Å². The van der Waals surface area contributed by atoms with Gasteiger partial charge >= 0.3 is 0 Å². The predicted octanol–water partition coefficient (Wildman–Crippen LogP) is -0.189. The maximum absolute atomic E-state index is 10.7. The third-order valence-electron chi connectivity index (χ3n) is 1.32. The average molecular weight is 202 g/mol. The number of aromatic nitrogens is 3. The molecule has 0 aliphatic rings. The lowest BCUT2D eigenvalue weighted by molar-refractivity contribution is -0.118. The summed E-state index contributed by atoms with van der Waals surface area (Å²) in [5.41, 5.74) is 5.02. The molecule has 7 heteroatoms. The van der Waals surface area contributed by atoms with E-state index in [1.165, 1.54) is 6.20 Å². The second-order valence-corrected chi connectivity index (χ2v) is 2.72. The number of primary amides is 1. The van der Waals surface area contributed by atoms with Crippen LogP contribution in [0, 0.1) is 0 Å². The molecule has 3 N–H and O–H groups in total. The van der Waals surface area contributed by atoms with Crippen molar-refractivity contribution in [2.75, 3.05) is 5.32 Å². The molecule has 0 fully saturated rings. The summed E-state index contributed by atoms with van der Waals surface area (Å²) in [6.45, 7) is 1.61. The lowest BCUT2D eigenvalue weighted by atomic mass is 10.3. The minimum absolute atomic E-state index is 0.0154. The molecule has 0 aromatic carbocycles. The molecule has 13 heavy (non-hydrogen) atoms. The lowest BCUT2D eigenvalue weighted by Gasteiger charge is -2.09. The minimum atomic E-state index is -0.521. The highest BCUT2D eigenvalue weighted by Gasteiger charge is 2.08. The third kappa shape index (κ3) is 2.83. The van der Waals surface area contributed by atoms with E-state index in [0.29, 0.717) is 5.82 Å². The molecule has 0 radical (unpaired) electrons. The molecule has 0 aliphatic heterocycles. The standard InChI is InChI=1S/C6H8ClN5O/c1-3(5(8)13)10-4-2-9-12-6(7)11-4/h2-3H,1H3,(H2,8,13)(H,10,11,12). The Morgan fingerprint density at radius 3 is 3.00 bits per heavy atom. The van der Waals surface area contributed by atoms with Crippen LogP contribution < -0.4 is 11.1 Å². The highest BCUT2D eigenvalue weighted by Crippen LogP contribution is 2.04. The second kappa shape index (κ2) is 3.99. The third-order valence-corrected chi connectivity index (χ3v) is 1.48. The van der Waals surface area contributed by atoms with Crippen molar-refractivity contribution in [1.29, 1.82) is 0 Å². The summed E-state index contributed by atoms with van der Waals surface area (Å²) in [6, 6.07) is -0.521. The summed E-state index contributed by atoms with van der Waals surface area (Å²) >= 11 is 5.47. The zero-order chi connectivity index (χ0) is 9.84. The van der Waals surface area contributed by atoms with Gasteiger partial charge in [-0.15, -0.1) is 5.10 Å².